The van der Waals surface area contributed by atoms with E-state index in [-0.39, 0.29) is 17.7 Å². The molecule has 0 aliphatic carbocycles. The third-order valence-electron chi connectivity index (χ3n) is 6.05. The molecule has 2 fully saturated rings. The van der Waals surface area contributed by atoms with Crippen molar-refractivity contribution in [3.05, 3.63) is 59.7 Å². The number of para-hydroxylation sites is 2. The lowest BCUT2D eigenvalue weighted by Crippen LogP contribution is -2.51. The van der Waals surface area contributed by atoms with Crippen LogP contribution in [-0.4, -0.2) is 57.2 Å². The van der Waals surface area contributed by atoms with Crippen LogP contribution < -0.4 is 15.0 Å². The number of piperazine rings is 1. The summed E-state index contributed by atoms with van der Waals surface area (Å²) < 4.78 is 5.50. The molecular weight excluding hydrogens is 350 g/mol. The molecule has 2 aliphatic rings. The minimum atomic E-state index is 0.0283. The van der Waals surface area contributed by atoms with Crippen LogP contribution in [0.25, 0.3) is 0 Å². The molecule has 5 heteroatoms. The van der Waals surface area contributed by atoms with E-state index in [9.17, 15) is 4.79 Å². The van der Waals surface area contributed by atoms with Crippen molar-refractivity contribution in [3.8, 4) is 5.75 Å². The van der Waals surface area contributed by atoms with E-state index in [4.69, 9.17) is 4.74 Å². The highest BCUT2D eigenvalue weighted by Crippen LogP contribution is 2.32. The van der Waals surface area contributed by atoms with Crippen LogP contribution in [-0.2, 0) is 4.79 Å². The summed E-state index contributed by atoms with van der Waals surface area (Å²) in [6.45, 7) is 6.93. The highest BCUT2D eigenvalue weighted by atomic mass is 16.5. The number of amides is 1. The van der Waals surface area contributed by atoms with Crippen molar-refractivity contribution < 1.29 is 9.53 Å². The summed E-state index contributed by atoms with van der Waals surface area (Å²) in [5, 5.41) is 3.43. The van der Waals surface area contributed by atoms with Gasteiger partial charge in [-0.05, 0) is 24.6 Å². The minimum absolute atomic E-state index is 0.0283. The Kier molecular flexibility index (Phi) is 5.53. The Morgan fingerprint density at radius 1 is 1.00 bits per heavy atom. The summed E-state index contributed by atoms with van der Waals surface area (Å²) >= 11 is 0. The Hall–Kier alpha value is -2.53. The van der Waals surface area contributed by atoms with Gasteiger partial charge in [0.05, 0.1) is 18.7 Å². The monoisotopic (exact) mass is 379 g/mol. The molecule has 28 heavy (non-hydrogen) atoms. The number of methoxy groups -OCH3 is 1. The summed E-state index contributed by atoms with van der Waals surface area (Å²) in [4.78, 5) is 17.6. The Labute approximate surface area is 167 Å². The van der Waals surface area contributed by atoms with Crippen molar-refractivity contribution in [2.45, 2.75) is 12.8 Å². The summed E-state index contributed by atoms with van der Waals surface area (Å²) in [7, 11) is 1.71. The summed E-state index contributed by atoms with van der Waals surface area (Å²) in [6, 6.07) is 16.7. The number of carbonyl (C=O) groups is 1. The van der Waals surface area contributed by atoms with Gasteiger partial charge in [-0.3, -0.25) is 4.79 Å². The third-order valence-corrected chi connectivity index (χ3v) is 6.05. The average molecular weight is 380 g/mol. The van der Waals surface area contributed by atoms with Crippen molar-refractivity contribution in [1.29, 1.82) is 0 Å². The fourth-order valence-electron chi connectivity index (χ4n) is 4.40. The van der Waals surface area contributed by atoms with E-state index in [1.165, 1.54) is 11.1 Å². The molecule has 2 unspecified atom stereocenters. The van der Waals surface area contributed by atoms with Gasteiger partial charge >= 0.3 is 0 Å². The molecule has 1 N–H and O–H groups in total. The molecule has 2 aromatic carbocycles. The van der Waals surface area contributed by atoms with E-state index >= 15 is 0 Å². The van der Waals surface area contributed by atoms with Crippen molar-refractivity contribution >= 4 is 11.6 Å². The predicted molar refractivity (Wildman–Crippen MR) is 112 cm³/mol. The topological polar surface area (TPSA) is 44.8 Å². The van der Waals surface area contributed by atoms with Crippen molar-refractivity contribution in [2.24, 2.45) is 5.92 Å². The average Bonchev–Trinajstić information content (AvgIpc) is 3.23. The van der Waals surface area contributed by atoms with Gasteiger partial charge in [0.25, 0.3) is 0 Å². The lowest BCUT2D eigenvalue weighted by molar-refractivity contribution is -0.135. The molecular formula is C23H29N3O2. The largest absolute Gasteiger partial charge is 0.495 e. The Morgan fingerprint density at radius 3 is 2.43 bits per heavy atom. The summed E-state index contributed by atoms with van der Waals surface area (Å²) in [5.74, 6) is 1.47. The highest BCUT2D eigenvalue weighted by molar-refractivity contribution is 5.81. The Morgan fingerprint density at radius 2 is 1.71 bits per heavy atom. The van der Waals surface area contributed by atoms with Gasteiger partial charge in [0.2, 0.25) is 5.91 Å². The minimum Gasteiger partial charge on any atom is -0.495 e. The van der Waals surface area contributed by atoms with E-state index in [0.717, 1.165) is 50.7 Å². The van der Waals surface area contributed by atoms with Crippen LogP contribution in [0.15, 0.2) is 48.5 Å². The first-order chi connectivity index (χ1) is 13.7. The zero-order valence-electron chi connectivity index (χ0n) is 16.7. The molecule has 4 rings (SSSR count). The van der Waals surface area contributed by atoms with E-state index in [2.05, 4.69) is 47.5 Å². The zero-order valence-corrected chi connectivity index (χ0v) is 16.7. The van der Waals surface area contributed by atoms with Gasteiger partial charge in [0.1, 0.15) is 5.75 Å². The zero-order chi connectivity index (χ0) is 19.5. The Bertz CT molecular complexity index is 813. The third kappa shape index (κ3) is 3.72. The highest BCUT2D eigenvalue weighted by Gasteiger charge is 2.37. The predicted octanol–water partition coefficient (Wildman–Crippen LogP) is 2.66. The van der Waals surface area contributed by atoms with Gasteiger partial charge in [-0.25, -0.2) is 0 Å². The molecule has 2 aromatic rings. The first-order valence-electron chi connectivity index (χ1n) is 10.1. The fraction of sp³-hybridized carbons (Fsp3) is 0.435. The van der Waals surface area contributed by atoms with Crippen molar-refractivity contribution in [2.75, 3.05) is 51.3 Å². The molecule has 0 bridgehead atoms. The number of aryl methyl sites for hydroxylation is 1. The molecule has 2 saturated heterocycles. The van der Waals surface area contributed by atoms with E-state index in [1.807, 2.05) is 23.1 Å². The lowest BCUT2D eigenvalue weighted by Gasteiger charge is -2.38. The van der Waals surface area contributed by atoms with Crippen molar-refractivity contribution in [3.63, 3.8) is 0 Å². The first-order valence-corrected chi connectivity index (χ1v) is 10.1. The van der Waals surface area contributed by atoms with Crippen LogP contribution in [0.3, 0.4) is 0 Å². The van der Waals surface area contributed by atoms with Gasteiger partial charge in [-0.1, -0.05) is 42.0 Å². The quantitative estimate of drug-likeness (QED) is 0.887. The van der Waals surface area contributed by atoms with Gasteiger partial charge < -0.3 is 19.9 Å². The maximum atomic E-state index is 13.3. The molecule has 0 aromatic heterocycles. The molecule has 1 amide bonds. The molecule has 2 heterocycles. The van der Waals surface area contributed by atoms with E-state index in [0.29, 0.717) is 0 Å². The van der Waals surface area contributed by atoms with Crippen LogP contribution in [0.4, 0.5) is 5.69 Å². The molecule has 5 nitrogen and oxygen atoms in total. The fourth-order valence-corrected chi connectivity index (χ4v) is 4.40. The van der Waals surface area contributed by atoms with E-state index in [1.54, 1.807) is 7.11 Å². The second-order valence-corrected chi connectivity index (χ2v) is 7.77. The summed E-state index contributed by atoms with van der Waals surface area (Å²) in [5.41, 5.74) is 3.63. The Balaban J connectivity index is 1.41. The normalized spacial score (nSPS) is 22.4. The van der Waals surface area contributed by atoms with Crippen LogP contribution >= 0.6 is 0 Å². The standard InChI is InChI=1S/C23H29N3O2/c1-17-7-9-18(10-8-17)19-15-24-16-20(19)23(27)26-13-11-25(12-14-26)21-5-3-4-6-22(21)28-2/h3-10,19-20,24H,11-16H2,1-2H3. The van der Waals surface area contributed by atoms with Gasteiger partial charge in [-0.15, -0.1) is 0 Å². The number of nitrogens with zero attached hydrogens (tertiary/aromatic N) is 2. The van der Waals surface area contributed by atoms with Crippen LogP contribution in [0, 0.1) is 12.8 Å². The number of nitrogens with one attached hydrogen (secondary N) is 1. The molecule has 2 aliphatic heterocycles. The number of carbonyl (C=O) groups excluding carboxylic acids is 1. The second kappa shape index (κ2) is 8.23. The van der Waals surface area contributed by atoms with Crippen LogP contribution in [0.1, 0.15) is 17.0 Å². The smallest absolute Gasteiger partial charge is 0.227 e. The first kappa shape index (κ1) is 18.8. The maximum Gasteiger partial charge on any atom is 0.227 e. The molecule has 0 radical (unpaired) electrons. The van der Waals surface area contributed by atoms with Crippen LogP contribution in [0.2, 0.25) is 0 Å². The number of rotatable bonds is 4. The number of ether oxygens (including phenoxy) is 1. The number of hydrogen-bond donors (Lipinski definition) is 1. The maximum absolute atomic E-state index is 13.3. The number of benzene rings is 2. The number of hydrogen-bond acceptors (Lipinski definition) is 4. The molecule has 2 atom stereocenters. The second-order valence-electron chi connectivity index (χ2n) is 7.77. The van der Waals surface area contributed by atoms with Crippen LogP contribution in [0.5, 0.6) is 5.75 Å². The number of anilines is 1. The van der Waals surface area contributed by atoms with Gasteiger partial charge in [0, 0.05) is 45.2 Å². The molecule has 0 saturated carbocycles. The van der Waals surface area contributed by atoms with Crippen molar-refractivity contribution in [1.82, 2.24) is 10.2 Å². The lowest BCUT2D eigenvalue weighted by atomic mass is 9.87. The molecule has 148 valence electrons. The van der Waals surface area contributed by atoms with E-state index < -0.39 is 0 Å². The SMILES string of the molecule is COc1ccccc1N1CCN(C(=O)C2CNCC2c2ccc(C)cc2)CC1. The molecule has 0 spiro atoms. The van der Waals surface area contributed by atoms with Gasteiger partial charge in [0.15, 0.2) is 0 Å². The summed E-state index contributed by atoms with van der Waals surface area (Å²) in [6.07, 6.45) is 0. The van der Waals surface area contributed by atoms with Gasteiger partial charge in [-0.2, -0.15) is 0 Å².